The molecule has 1 aliphatic rings. The maximum atomic E-state index is 12.9. The number of rotatable bonds is 8. The Morgan fingerprint density at radius 1 is 1.06 bits per heavy atom. The monoisotopic (exact) mass is 446 g/mol. The van der Waals surface area contributed by atoms with Crippen molar-refractivity contribution >= 4 is 28.5 Å². The Labute approximate surface area is 195 Å². The molecule has 3 aromatic rings. The molecule has 4 rings (SSSR count). The van der Waals surface area contributed by atoms with Crippen LogP contribution in [0.3, 0.4) is 0 Å². The highest BCUT2D eigenvalue weighted by Gasteiger charge is 2.20. The van der Waals surface area contributed by atoms with Gasteiger partial charge in [-0.05, 0) is 56.9 Å². The van der Waals surface area contributed by atoms with E-state index >= 15 is 0 Å². The number of para-hydroxylation sites is 2. The number of aryl methyl sites for hydroxylation is 3. The van der Waals surface area contributed by atoms with E-state index in [4.69, 9.17) is 4.98 Å². The third-order valence-electron chi connectivity index (χ3n) is 6.54. The number of aromatic nitrogens is 2. The van der Waals surface area contributed by atoms with Crippen molar-refractivity contribution in [2.75, 3.05) is 11.9 Å². The number of hydrogen-bond acceptors (Lipinski definition) is 3. The van der Waals surface area contributed by atoms with Crippen molar-refractivity contribution in [2.45, 2.75) is 65.3 Å². The smallest absolute Gasteiger partial charge is 0.244 e. The zero-order valence-electron chi connectivity index (χ0n) is 19.7. The molecule has 6 nitrogen and oxygen atoms in total. The highest BCUT2D eigenvalue weighted by molar-refractivity contribution is 5.92. The SMILES string of the molecule is Cc1ccc(NC(=O)Cn2c(CCCNC(=O)C3CCCCC3)nc3ccccc32)c(C)c1. The zero-order chi connectivity index (χ0) is 23.2. The van der Waals surface area contributed by atoms with Gasteiger partial charge in [0.1, 0.15) is 12.4 Å². The number of fused-ring (bicyclic) bond motifs is 1. The average molecular weight is 447 g/mol. The maximum absolute atomic E-state index is 12.9. The summed E-state index contributed by atoms with van der Waals surface area (Å²) in [5, 5.41) is 6.15. The van der Waals surface area contributed by atoms with Crippen LogP contribution in [0.1, 0.15) is 55.5 Å². The highest BCUT2D eigenvalue weighted by Crippen LogP contribution is 2.24. The molecule has 2 N–H and O–H groups in total. The number of amides is 2. The summed E-state index contributed by atoms with van der Waals surface area (Å²) in [5.74, 6) is 1.17. The van der Waals surface area contributed by atoms with Crippen molar-refractivity contribution in [3.8, 4) is 0 Å². The molecule has 2 aromatic carbocycles. The van der Waals surface area contributed by atoms with Gasteiger partial charge in [0.2, 0.25) is 11.8 Å². The quantitative estimate of drug-likeness (QED) is 0.482. The van der Waals surface area contributed by atoms with Crippen molar-refractivity contribution < 1.29 is 9.59 Å². The molecule has 0 saturated heterocycles. The summed E-state index contributed by atoms with van der Waals surface area (Å²) in [7, 11) is 0. The minimum Gasteiger partial charge on any atom is -0.356 e. The van der Waals surface area contributed by atoms with Crippen LogP contribution in [0.4, 0.5) is 5.69 Å². The van der Waals surface area contributed by atoms with Gasteiger partial charge in [-0.15, -0.1) is 0 Å². The Hall–Kier alpha value is -3.15. The molecular formula is C27H34N4O2. The molecule has 0 radical (unpaired) electrons. The minimum atomic E-state index is -0.0723. The van der Waals surface area contributed by atoms with Crippen LogP contribution < -0.4 is 10.6 Å². The summed E-state index contributed by atoms with van der Waals surface area (Å²) < 4.78 is 2.00. The van der Waals surface area contributed by atoms with Gasteiger partial charge < -0.3 is 15.2 Å². The normalized spacial score (nSPS) is 14.4. The molecular weight excluding hydrogens is 412 g/mol. The van der Waals surface area contributed by atoms with E-state index in [-0.39, 0.29) is 24.3 Å². The van der Waals surface area contributed by atoms with Crippen LogP contribution in [0.5, 0.6) is 0 Å². The van der Waals surface area contributed by atoms with Crippen LogP contribution in [0.15, 0.2) is 42.5 Å². The summed E-state index contributed by atoms with van der Waals surface area (Å²) in [5.41, 5.74) is 4.89. The van der Waals surface area contributed by atoms with Gasteiger partial charge in [-0.25, -0.2) is 4.98 Å². The second kappa shape index (κ2) is 10.6. The molecule has 1 fully saturated rings. The molecule has 0 spiro atoms. The highest BCUT2D eigenvalue weighted by atomic mass is 16.2. The number of nitrogens with zero attached hydrogens (tertiary/aromatic N) is 2. The van der Waals surface area contributed by atoms with Gasteiger partial charge in [0.15, 0.2) is 0 Å². The first-order chi connectivity index (χ1) is 16.0. The molecule has 1 aromatic heterocycles. The number of anilines is 1. The number of carbonyl (C=O) groups is 2. The van der Waals surface area contributed by atoms with Crippen LogP contribution in [-0.4, -0.2) is 27.9 Å². The lowest BCUT2D eigenvalue weighted by Gasteiger charge is -2.20. The Morgan fingerprint density at radius 3 is 2.64 bits per heavy atom. The van der Waals surface area contributed by atoms with E-state index in [1.54, 1.807) is 0 Å². The third kappa shape index (κ3) is 5.81. The molecule has 0 atom stereocenters. The van der Waals surface area contributed by atoms with Crippen molar-refractivity contribution in [3.05, 3.63) is 59.4 Å². The van der Waals surface area contributed by atoms with Gasteiger partial charge in [-0.1, -0.05) is 49.1 Å². The zero-order valence-corrected chi connectivity index (χ0v) is 19.7. The van der Waals surface area contributed by atoms with Crippen molar-refractivity contribution in [1.29, 1.82) is 0 Å². The molecule has 1 saturated carbocycles. The average Bonchev–Trinajstić information content (AvgIpc) is 3.16. The number of imidazole rings is 1. The van der Waals surface area contributed by atoms with Crippen LogP contribution >= 0.6 is 0 Å². The van der Waals surface area contributed by atoms with Gasteiger partial charge in [0.05, 0.1) is 11.0 Å². The lowest BCUT2D eigenvalue weighted by atomic mass is 9.89. The van der Waals surface area contributed by atoms with Crippen molar-refractivity contribution in [2.24, 2.45) is 5.92 Å². The number of carbonyl (C=O) groups excluding carboxylic acids is 2. The number of hydrogen-bond donors (Lipinski definition) is 2. The molecule has 6 heteroatoms. The Balaban J connectivity index is 1.39. The second-order valence-corrected chi connectivity index (χ2v) is 9.20. The fourth-order valence-corrected chi connectivity index (χ4v) is 4.75. The van der Waals surface area contributed by atoms with Crippen molar-refractivity contribution in [3.63, 3.8) is 0 Å². The van der Waals surface area contributed by atoms with E-state index in [0.29, 0.717) is 13.0 Å². The maximum Gasteiger partial charge on any atom is 0.244 e. The fourth-order valence-electron chi connectivity index (χ4n) is 4.75. The van der Waals surface area contributed by atoms with Gasteiger partial charge in [-0.3, -0.25) is 9.59 Å². The first-order valence-corrected chi connectivity index (χ1v) is 12.1. The summed E-state index contributed by atoms with van der Waals surface area (Å²) >= 11 is 0. The number of nitrogens with one attached hydrogen (secondary N) is 2. The van der Waals surface area contributed by atoms with E-state index in [0.717, 1.165) is 60.2 Å². The van der Waals surface area contributed by atoms with E-state index < -0.39 is 0 Å². The van der Waals surface area contributed by atoms with E-state index in [1.165, 1.54) is 12.0 Å². The van der Waals surface area contributed by atoms with Gasteiger partial charge >= 0.3 is 0 Å². The minimum absolute atomic E-state index is 0.0723. The van der Waals surface area contributed by atoms with Crippen LogP contribution in [0.2, 0.25) is 0 Å². The summed E-state index contributed by atoms with van der Waals surface area (Å²) in [6.07, 6.45) is 7.08. The van der Waals surface area contributed by atoms with Crippen LogP contribution in [0.25, 0.3) is 11.0 Å². The van der Waals surface area contributed by atoms with Gasteiger partial charge in [0.25, 0.3) is 0 Å². The molecule has 174 valence electrons. The van der Waals surface area contributed by atoms with Gasteiger partial charge in [-0.2, -0.15) is 0 Å². The van der Waals surface area contributed by atoms with Crippen LogP contribution in [-0.2, 0) is 22.6 Å². The molecule has 1 heterocycles. The summed E-state index contributed by atoms with van der Waals surface area (Å²) in [6.45, 7) is 4.88. The predicted molar refractivity (Wildman–Crippen MR) is 132 cm³/mol. The molecule has 0 bridgehead atoms. The lowest BCUT2D eigenvalue weighted by molar-refractivity contribution is -0.125. The third-order valence-corrected chi connectivity index (χ3v) is 6.54. The standard InChI is InChI=1S/C27H34N4O2/c1-19-14-15-22(20(2)17-19)30-26(32)18-31-24-12-7-6-11-23(24)29-25(31)13-8-16-28-27(33)21-9-4-3-5-10-21/h6-7,11-12,14-15,17,21H,3-5,8-10,13,16,18H2,1-2H3,(H,28,33)(H,30,32). The number of benzene rings is 2. The Morgan fingerprint density at radius 2 is 1.85 bits per heavy atom. The molecule has 0 aliphatic heterocycles. The topological polar surface area (TPSA) is 76.0 Å². The molecule has 2 amide bonds. The predicted octanol–water partition coefficient (Wildman–Crippen LogP) is 4.92. The lowest BCUT2D eigenvalue weighted by Crippen LogP contribution is -2.32. The van der Waals surface area contributed by atoms with Crippen LogP contribution in [0, 0.1) is 19.8 Å². The molecule has 1 aliphatic carbocycles. The molecule has 33 heavy (non-hydrogen) atoms. The van der Waals surface area contributed by atoms with E-state index in [1.807, 2.05) is 54.8 Å². The Kier molecular flexibility index (Phi) is 7.43. The first-order valence-electron chi connectivity index (χ1n) is 12.1. The van der Waals surface area contributed by atoms with E-state index in [9.17, 15) is 9.59 Å². The summed E-state index contributed by atoms with van der Waals surface area (Å²) in [6, 6.07) is 13.9. The molecule has 0 unspecified atom stereocenters. The fraction of sp³-hybridized carbons (Fsp3) is 0.444. The Bertz CT molecular complexity index is 1130. The summed E-state index contributed by atoms with van der Waals surface area (Å²) in [4.78, 5) is 30.1. The largest absolute Gasteiger partial charge is 0.356 e. The first kappa shape index (κ1) is 23.0. The van der Waals surface area contributed by atoms with Gasteiger partial charge in [0, 0.05) is 24.6 Å². The van der Waals surface area contributed by atoms with E-state index in [2.05, 4.69) is 16.7 Å². The van der Waals surface area contributed by atoms with Crippen molar-refractivity contribution in [1.82, 2.24) is 14.9 Å². The second-order valence-electron chi connectivity index (χ2n) is 9.20.